The van der Waals surface area contributed by atoms with Gasteiger partial charge in [-0.2, -0.15) is 0 Å². The number of nitrogens with zero attached hydrogens (tertiary/aromatic N) is 2. The van der Waals surface area contributed by atoms with Crippen molar-refractivity contribution in [3.8, 4) is 5.75 Å². The fourth-order valence-corrected chi connectivity index (χ4v) is 3.63. The molecular weight excluding hydrogens is 478 g/mol. The Hall–Kier alpha value is -3.71. The number of carbonyl (C=O) groups is 2. The minimum Gasteiger partial charge on any atom is -0.507 e. The van der Waals surface area contributed by atoms with Gasteiger partial charge in [-0.15, -0.1) is 10.2 Å². The monoisotopic (exact) mass is 507 g/mol. The zero-order valence-corrected chi connectivity index (χ0v) is 22.0. The van der Waals surface area contributed by atoms with Gasteiger partial charge in [-0.3, -0.25) is 4.79 Å². The van der Waals surface area contributed by atoms with Crippen LogP contribution in [-0.2, 0) is 15.7 Å². The molecule has 0 fully saturated rings. The van der Waals surface area contributed by atoms with Crippen LogP contribution >= 0.6 is 11.6 Å². The lowest BCUT2D eigenvalue weighted by Crippen LogP contribution is -2.18. The van der Waals surface area contributed by atoms with Crippen LogP contribution in [0.3, 0.4) is 0 Å². The van der Waals surface area contributed by atoms with E-state index in [1.54, 1.807) is 54.6 Å². The van der Waals surface area contributed by atoms with Gasteiger partial charge in [-0.25, -0.2) is 10.3 Å². The molecule has 8 heteroatoms. The highest BCUT2D eigenvalue weighted by molar-refractivity contribution is 6.30. The molecule has 2 N–H and O–H groups in total. The lowest BCUT2D eigenvalue weighted by Gasteiger charge is -2.27. The molecule has 7 nitrogen and oxygen atoms in total. The summed E-state index contributed by atoms with van der Waals surface area (Å²) in [6, 6.07) is 16.3. The fraction of sp³-hybridized carbons (Fsp3) is 0.286. The minimum absolute atomic E-state index is 0.197. The van der Waals surface area contributed by atoms with E-state index >= 15 is 0 Å². The fourth-order valence-electron chi connectivity index (χ4n) is 3.44. The molecule has 0 spiro atoms. The highest BCUT2D eigenvalue weighted by atomic mass is 35.5. The number of azo groups is 1. The second kappa shape index (κ2) is 10.5. The molecule has 0 aromatic heterocycles. The lowest BCUT2D eigenvalue weighted by atomic mass is 9.78. The van der Waals surface area contributed by atoms with E-state index in [2.05, 4.69) is 15.7 Å². The Kier molecular flexibility index (Phi) is 7.84. The molecule has 0 aliphatic heterocycles. The molecule has 188 valence electrons. The van der Waals surface area contributed by atoms with E-state index in [1.807, 2.05) is 41.5 Å². The molecule has 0 aliphatic rings. The van der Waals surface area contributed by atoms with Crippen LogP contribution in [0.5, 0.6) is 5.75 Å². The van der Waals surface area contributed by atoms with Crippen molar-refractivity contribution < 1.29 is 19.5 Å². The smallest absolute Gasteiger partial charge is 0.362 e. The van der Waals surface area contributed by atoms with E-state index in [-0.39, 0.29) is 16.6 Å². The van der Waals surface area contributed by atoms with Crippen molar-refractivity contribution in [2.24, 2.45) is 10.2 Å². The quantitative estimate of drug-likeness (QED) is 0.271. The van der Waals surface area contributed by atoms with Crippen LogP contribution in [0.25, 0.3) is 0 Å². The third kappa shape index (κ3) is 6.70. The molecule has 0 aliphatic carbocycles. The van der Waals surface area contributed by atoms with Gasteiger partial charge in [0.05, 0.1) is 16.9 Å². The predicted molar refractivity (Wildman–Crippen MR) is 141 cm³/mol. The van der Waals surface area contributed by atoms with Crippen LogP contribution in [0.15, 0.2) is 70.9 Å². The molecule has 0 saturated heterocycles. The second-order valence-corrected chi connectivity index (χ2v) is 10.9. The maximum absolute atomic E-state index is 12.9. The van der Waals surface area contributed by atoms with E-state index in [0.29, 0.717) is 38.7 Å². The number of phenols is 1. The summed E-state index contributed by atoms with van der Waals surface area (Å²) in [7, 11) is 0. The number of halogens is 1. The Balaban J connectivity index is 1.72. The first-order valence-electron chi connectivity index (χ1n) is 11.4. The molecule has 0 atom stereocenters. The summed E-state index contributed by atoms with van der Waals surface area (Å²) in [5.41, 5.74) is 4.83. The lowest BCUT2D eigenvalue weighted by molar-refractivity contribution is 0.0596. The molecule has 36 heavy (non-hydrogen) atoms. The maximum atomic E-state index is 12.9. The van der Waals surface area contributed by atoms with Gasteiger partial charge in [-0.1, -0.05) is 59.2 Å². The Morgan fingerprint density at radius 3 is 1.97 bits per heavy atom. The van der Waals surface area contributed by atoms with E-state index in [9.17, 15) is 14.7 Å². The average Bonchev–Trinajstić information content (AvgIpc) is 2.80. The number of rotatable bonds is 5. The number of hydrogen-bond donors (Lipinski definition) is 2. The van der Waals surface area contributed by atoms with Gasteiger partial charge in [0.25, 0.3) is 5.91 Å². The number of nitrogens with one attached hydrogen (secondary N) is 1. The van der Waals surface area contributed by atoms with Crippen molar-refractivity contribution in [3.05, 3.63) is 87.9 Å². The van der Waals surface area contributed by atoms with Crippen molar-refractivity contribution in [3.63, 3.8) is 0 Å². The van der Waals surface area contributed by atoms with Gasteiger partial charge >= 0.3 is 5.97 Å². The van der Waals surface area contributed by atoms with Gasteiger partial charge in [0.15, 0.2) is 0 Å². The molecule has 3 aromatic rings. The first kappa shape index (κ1) is 26.9. The third-order valence-electron chi connectivity index (χ3n) is 5.42. The maximum Gasteiger partial charge on any atom is 0.362 e. The molecule has 0 heterocycles. The summed E-state index contributed by atoms with van der Waals surface area (Å²) in [4.78, 5) is 30.1. The average molecular weight is 508 g/mol. The third-order valence-corrected chi connectivity index (χ3v) is 5.65. The number of aromatic hydroxyl groups is 1. The van der Waals surface area contributed by atoms with Crippen molar-refractivity contribution in [1.29, 1.82) is 0 Å². The molecule has 0 saturated carbocycles. The largest absolute Gasteiger partial charge is 0.507 e. The SMILES string of the molecule is CC(C)(C)c1cc(C(=O)N=Nc2ccc(NOC(=O)c3cccc(Cl)c3)cc2)cc(C(C)(C)C)c1O. The standard InChI is InChI=1S/C28H30ClN3O4/c1-27(2,3)22-15-18(16-23(24(22)33)28(4,5)6)25(34)31-30-20-10-12-21(13-11-20)32-36-26(35)17-8-7-9-19(29)14-17/h7-16,32-33H,1-6H3. The van der Waals surface area contributed by atoms with Crippen LogP contribution in [0.1, 0.15) is 73.4 Å². The zero-order chi connectivity index (χ0) is 26.7. The Bertz CT molecular complexity index is 1270. The Morgan fingerprint density at radius 2 is 1.44 bits per heavy atom. The summed E-state index contributed by atoms with van der Waals surface area (Å²) < 4.78 is 0. The van der Waals surface area contributed by atoms with Gasteiger partial charge in [0, 0.05) is 21.7 Å². The number of benzene rings is 3. The summed E-state index contributed by atoms with van der Waals surface area (Å²) in [5.74, 6) is -0.892. The topological polar surface area (TPSA) is 100 Å². The van der Waals surface area contributed by atoms with Crippen LogP contribution in [0.4, 0.5) is 11.4 Å². The summed E-state index contributed by atoms with van der Waals surface area (Å²) >= 11 is 5.89. The number of carbonyl (C=O) groups excluding carboxylic acids is 2. The number of anilines is 1. The van der Waals surface area contributed by atoms with Gasteiger partial charge in [0.1, 0.15) is 5.75 Å². The van der Waals surface area contributed by atoms with Crippen molar-refractivity contribution in [2.45, 2.75) is 52.4 Å². The number of phenolic OH excluding ortho intramolecular Hbond substituents is 1. The molecule has 0 bridgehead atoms. The minimum atomic E-state index is -0.579. The molecule has 3 aromatic carbocycles. The van der Waals surface area contributed by atoms with Gasteiger partial charge in [-0.05, 0) is 65.4 Å². The van der Waals surface area contributed by atoms with E-state index < -0.39 is 11.9 Å². The summed E-state index contributed by atoms with van der Waals surface area (Å²) in [5, 5.41) is 19.2. The number of amides is 1. The van der Waals surface area contributed by atoms with Gasteiger partial charge in [0.2, 0.25) is 0 Å². The predicted octanol–water partition coefficient (Wildman–Crippen LogP) is 7.75. The van der Waals surface area contributed by atoms with Crippen molar-refractivity contribution >= 4 is 34.9 Å². The highest BCUT2D eigenvalue weighted by Crippen LogP contribution is 2.40. The molecular formula is C28H30ClN3O4. The highest BCUT2D eigenvalue weighted by Gasteiger charge is 2.27. The van der Waals surface area contributed by atoms with Crippen LogP contribution in [0, 0.1) is 0 Å². The van der Waals surface area contributed by atoms with Crippen LogP contribution in [-0.4, -0.2) is 17.0 Å². The molecule has 0 radical (unpaired) electrons. The second-order valence-electron chi connectivity index (χ2n) is 10.5. The summed E-state index contributed by atoms with van der Waals surface area (Å²) in [6.07, 6.45) is 0. The molecule has 0 unspecified atom stereocenters. The van der Waals surface area contributed by atoms with Gasteiger partial charge < -0.3 is 9.94 Å². The first-order valence-corrected chi connectivity index (χ1v) is 11.8. The van der Waals surface area contributed by atoms with Crippen LogP contribution < -0.4 is 5.48 Å². The van der Waals surface area contributed by atoms with Crippen molar-refractivity contribution in [2.75, 3.05) is 5.48 Å². The Labute approximate surface area is 216 Å². The first-order chi connectivity index (χ1) is 16.8. The van der Waals surface area contributed by atoms with E-state index in [1.165, 1.54) is 6.07 Å². The number of hydrogen-bond acceptors (Lipinski definition) is 6. The molecule has 3 rings (SSSR count). The van der Waals surface area contributed by atoms with E-state index in [4.69, 9.17) is 16.4 Å². The normalized spacial score (nSPS) is 12.0. The summed E-state index contributed by atoms with van der Waals surface area (Å²) in [6.45, 7) is 11.9. The van der Waals surface area contributed by atoms with E-state index in [0.717, 1.165) is 0 Å². The van der Waals surface area contributed by atoms with Crippen molar-refractivity contribution in [1.82, 2.24) is 0 Å². The zero-order valence-electron chi connectivity index (χ0n) is 21.2. The Morgan fingerprint density at radius 1 is 0.861 bits per heavy atom. The van der Waals surface area contributed by atoms with Crippen LogP contribution in [0.2, 0.25) is 5.02 Å². The molecule has 1 amide bonds.